The Hall–Kier alpha value is -2.76. The molecule has 2 amide bonds. The van der Waals surface area contributed by atoms with E-state index < -0.39 is 23.4 Å². The molecule has 2 aromatic rings. The number of hydrogen-bond donors (Lipinski definition) is 2. The molecule has 2 N–H and O–H groups in total. The van der Waals surface area contributed by atoms with Gasteiger partial charge in [-0.3, -0.25) is 9.59 Å². The van der Waals surface area contributed by atoms with Gasteiger partial charge in [0.05, 0.1) is 0 Å². The van der Waals surface area contributed by atoms with Crippen LogP contribution in [0, 0.1) is 11.6 Å². The molecule has 0 spiro atoms. The summed E-state index contributed by atoms with van der Waals surface area (Å²) in [6, 6.07) is 12.3. The number of halogens is 2. The van der Waals surface area contributed by atoms with Crippen molar-refractivity contribution in [3.63, 3.8) is 0 Å². The van der Waals surface area contributed by atoms with Crippen LogP contribution >= 0.6 is 0 Å². The summed E-state index contributed by atoms with van der Waals surface area (Å²) in [7, 11) is 0. The first-order valence-corrected chi connectivity index (χ1v) is 6.64. The summed E-state index contributed by atoms with van der Waals surface area (Å²) in [6.45, 7) is 0.300. The van der Waals surface area contributed by atoms with Crippen LogP contribution in [-0.4, -0.2) is 18.4 Å². The fourth-order valence-electron chi connectivity index (χ4n) is 1.81. The van der Waals surface area contributed by atoms with Gasteiger partial charge < -0.3 is 10.6 Å². The zero-order valence-electron chi connectivity index (χ0n) is 11.6. The molecule has 0 aliphatic heterocycles. The molecule has 0 fully saturated rings. The maximum atomic E-state index is 13.0. The molecular formula is C16H14F2N2O2. The summed E-state index contributed by atoms with van der Waals surface area (Å²) < 4.78 is 25.7. The molecule has 0 heterocycles. The van der Waals surface area contributed by atoms with E-state index >= 15 is 0 Å². The smallest absolute Gasteiger partial charge is 0.313 e. The van der Waals surface area contributed by atoms with E-state index in [0.29, 0.717) is 13.0 Å². The Bertz CT molecular complexity index is 675. The predicted octanol–water partition coefficient (Wildman–Crippen LogP) is 2.26. The van der Waals surface area contributed by atoms with Crippen molar-refractivity contribution in [2.45, 2.75) is 6.42 Å². The highest BCUT2D eigenvalue weighted by Gasteiger charge is 2.14. The highest BCUT2D eigenvalue weighted by Crippen LogP contribution is 2.12. The van der Waals surface area contributed by atoms with Crippen molar-refractivity contribution in [1.82, 2.24) is 5.32 Å². The van der Waals surface area contributed by atoms with Crippen LogP contribution in [0.3, 0.4) is 0 Å². The van der Waals surface area contributed by atoms with Crippen LogP contribution in [0.25, 0.3) is 0 Å². The third kappa shape index (κ3) is 4.37. The maximum Gasteiger partial charge on any atom is 0.313 e. The summed E-state index contributed by atoms with van der Waals surface area (Å²) in [5, 5.41) is 4.66. The number of anilines is 1. The van der Waals surface area contributed by atoms with Gasteiger partial charge in [0.25, 0.3) is 0 Å². The predicted molar refractivity (Wildman–Crippen MR) is 78.1 cm³/mol. The fraction of sp³-hybridized carbons (Fsp3) is 0.125. The molecule has 0 radical (unpaired) electrons. The summed E-state index contributed by atoms with van der Waals surface area (Å²) in [5.74, 6) is -3.88. The second kappa shape index (κ2) is 7.31. The number of hydrogen-bond acceptors (Lipinski definition) is 2. The van der Waals surface area contributed by atoms with Crippen molar-refractivity contribution in [2.75, 3.05) is 11.9 Å². The Kier molecular flexibility index (Phi) is 5.19. The maximum absolute atomic E-state index is 13.0. The van der Waals surface area contributed by atoms with E-state index in [9.17, 15) is 18.4 Å². The van der Waals surface area contributed by atoms with Crippen LogP contribution in [0.1, 0.15) is 5.56 Å². The lowest BCUT2D eigenvalue weighted by Gasteiger charge is -2.07. The lowest BCUT2D eigenvalue weighted by atomic mass is 10.1. The van der Waals surface area contributed by atoms with Gasteiger partial charge >= 0.3 is 11.8 Å². The molecule has 0 aliphatic carbocycles. The van der Waals surface area contributed by atoms with E-state index in [4.69, 9.17) is 0 Å². The average Bonchev–Trinajstić information content (AvgIpc) is 2.52. The van der Waals surface area contributed by atoms with E-state index in [2.05, 4.69) is 10.6 Å². The van der Waals surface area contributed by atoms with Crippen LogP contribution in [0.15, 0.2) is 48.5 Å². The van der Waals surface area contributed by atoms with Crippen molar-refractivity contribution < 1.29 is 18.4 Å². The van der Waals surface area contributed by atoms with Crippen LogP contribution in [0.5, 0.6) is 0 Å². The number of carbonyl (C=O) groups excluding carboxylic acids is 2. The minimum Gasteiger partial charge on any atom is -0.347 e. The number of benzene rings is 2. The number of nitrogens with one attached hydrogen (secondary N) is 2. The van der Waals surface area contributed by atoms with Crippen molar-refractivity contribution in [1.29, 1.82) is 0 Å². The van der Waals surface area contributed by atoms with Gasteiger partial charge in [-0.2, -0.15) is 0 Å². The average molecular weight is 304 g/mol. The Morgan fingerprint density at radius 1 is 0.909 bits per heavy atom. The second-order valence-electron chi connectivity index (χ2n) is 4.57. The van der Waals surface area contributed by atoms with Gasteiger partial charge in [0, 0.05) is 18.3 Å². The Labute approximate surface area is 126 Å². The van der Waals surface area contributed by atoms with Gasteiger partial charge in [-0.25, -0.2) is 8.78 Å². The summed E-state index contributed by atoms with van der Waals surface area (Å²) in [6.07, 6.45) is 0.588. The Morgan fingerprint density at radius 3 is 2.32 bits per heavy atom. The molecule has 2 rings (SSSR count). The first kappa shape index (κ1) is 15.6. The molecule has 0 unspecified atom stereocenters. The van der Waals surface area contributed by atoms with E-state index in [1.54, 1.807) is 0 Å². The number of amides is 2. The van der Waals surface area contributed by atoms with Crippen molar-refractivity contribution in [3.05, 3.63) is 65.7 Å². The molecule has 4 nitrogen and oxygen atoms in total. The molecule has 0 saturated heterocycles. The van der Waals surface area contributed by atoms with Gasteiger partial charge in [0.15, 0.2) is 11.6 Å². The zero-order valence-corrected chi connectivity index (χ0v) is 11.6. The standard InChI is InChI=1S/C16H14F2N2O2/c17-13-7-6-12(10-14(13)18)20-16(22)15(21)19-9-8-11-4-2-1-3-5-11/h1-7,10H,8-9H2,(H,19,21)(H,20,22). The molecule has 0 atom stereocenters. The molecule has 6 heteroatoms. The SMILES string of the molecule is O=C(NCCc1ccccc1)C(=O)Nc1ccc(F)c(F)c1. The third-order valence-corrected chi connectivity index (χ3v) is 2.93. The molecule has 22 heavy (non-hydrogen) atoms. The first-order chi connectivity index (χ1) is 10.6. The van der Waals surface area contributed by atoms with Crippen LogP contribution in [0.2, 0.25) is 0 Å². The lowest BCUT2D eigenvalue weighted by Crippen LogP contribution is -2.36. The van der Waals surface area contributed by atoms with Crippen LogP contribution < -0.4 is 10.6 Å². The monoisotopic (exact) mass is 304 g/mol. The molecule has 0 bridgehead atoms. The highest BCUT2D eigenvalue weighted by atomic mass is 19.2. The van der Waals surface area contributed by atoms with Gasteiger partial charge in [-0.1, -0.05) is 30.3 Å². The van der Waals surface area contributed by atoms with E-state index in [0.717, 1.165) is 17.7 Å². The Morgan fingerprint density at radius 2 is 1.64 bits per heavy atom. The van der Waals surface area contributed by atoms with E-state index in [1.807, 2.05) is 30.3 Å². The summed E-state index contributed by atoms with van der Waals surface area (Å²) >= 11 is 0. The van der Waals surface area contributed by atoms with Gasteiger partial charge in [0.2, 0.25) is 0 Å². The normalized spacial score (nSPS) is 10.1. The van der Waals surface area contributed by atoms with Crippen LogP contribution in [-0.2, 0) is 16.0 Å². The van der Waals surface area contributed by atoms with Crippen LogP contribution in [0.4, 0.5) is 14.5 Å². The molecule has 0 saturated carbocycles. The quantitative estimate of drug-likeness (QED) is 0.851. The van der Waals surface area contributed by atoms with E-state index in [-0.39, 0.29) is 5.69 Å². The van der Waals surface area contributed by atoms with E-state index in [1.165, 1.54) is 6.07 Å². The molecule has 2 aromatic carbocycles. The molecular weight excluding hydrogens is 290 g/mol. The van der Waals surface area contributed by atoms with Gasteiger partial charge in [-0.05, 0) is 24.1 Å². The van der Waals surface area contributed by atoms with Crippen molar-refractivity contribution in [2.24, 2.45) is 0 Å². The van der Waals surface area contributed by atoms with Gasteiger partial charge in [-0.15, -0.1) is 0 Å². The summed E-state index contributed by atoms with van der Waals surface area (Å²) in [4.78, 5) is 23.2. The van der Waals surface area contributed by atoms with Gasteiger partial charge in [0.1, 0.15) is 0 Å². The van der Waals surface area contributed by atoms with Crippen molar-refractivity contribution in [3.8, 4) is 0 Å². The summed E-state index contributed by atoms with van der Waals surface area (Å²) in [5.41, 5.74) is 1.05. The largest absolute Gasteiger partial charge is 0.347 e. The fourth-order valence-corrected chi connectivity index (χ4v) is 1.81. The van der Waals surface area contributed by atoms with Crippen molar-refractivity contribution >= 4 is 17.5 Å². The topological polar surface area (TPSA) is 58.2 Å². The minimum atomic E-state index is -1.10. The Balaban J connectivity index is 1.82. The third-order valence-electron chi connectivity index (χ3n) is 2.93. The first-order valence-electron chi connectivity index (χ1n) is 6.64. The lowest BCUT2D eigenvalue weighted by molar-refractivity contribution is -0.136. The number of rotatable bonds is 4. The highest BCUT2D eigenvalue weighted by molar-refractivity contribution is 6.39. The molecule has 114 valence electrons. The number of carbonyl (C=O) groups is 2. The zero-order chi connectivity index (χ0) is 15.9. The molecule has 0 aliphatic rings. The molecule has 0 aromatic heterocycles. The minimum absolute atomic E-state index is 0.0158. The second-order valence-corrected chi connectivity index (χ2v) is 4.57.